The zero-order valence-corrected chi connectivity index (χ0v) is 13.3. The van der Waals surface area contributed by atoms with Gasteiger partial charge in [0.25, 0.3) is 0 Å². The smallest absolute Gasteiger partial charge is 0.0642 e. The maximum atomic E-state index is 9.03. The third kappa shape index (κ3) is 3.91. The fourth-order valence-corrected chi connectivity index (χ4v) is 3.53. The van der Waals surface area contributed by atoms with Gasteiger partial charge in [-0.25, -0.2) is 0 Å². The number of halogens is 1. The molecular weight excluding hydrogens is 284 g/mol. The van der Waals surface area contributed by atoms with Gasteiger partial charge in [-0.1, -0.05) is 17.7 Å². The molecule has 21 heavy (non-hydrogen) atoms. The number of aliphatic hydroxyl groups is 1. The Morgan fingerprint density at radius 3 is 2.86 bits per heavy atom. The third-order valence-corrected chi connectivity index (χ3v) is 4.87. The molecule has 1 saturated heterocycles. The van der Waals surface area contributed by atoms with E-state index in [1.165, 1.54) is 31.2 Å². The Kier molecular flexibility index (Phi) is 5.04. The zero-order valence-electron chi connectivity index (χ0n) is 12.5. The second-order valence-corrected chi connectivity index (χ2v) is 6.70. The fourth-order valence-electron chi connectivity index (χ4n) is 3.22. The van der Waals surface area contributed by atoms with E-state index in [0.29, 0.717) is 6.04 Å². The number of benzene rings is 1. The van der Waals surface area contributed by atoms with E-state index in [0.717, 1.165) is 42.7 Å². The average Bonchev–Trinajstić information content (AvgIpc) is 3.21. The predicted molar refractivity (Wildman–Crippen MR) is 88.0 cm³/mol. The van der Waals surface area contributed by atoms with Crippen molar-refractivity contribution in [2.45, 2.75) is 57.2 Å². The van der Waals surface area contributed by atoms with Crippen molar-refractivity contribution < 1.29 is 5.11 Å². The molecule has 3 rings (SSSR count). The summed E-state index contributed by atoms with van der Waals surface area (Å²) < 4.78 is 0. The molecular formula is C17H25ClN2O. The van der Waals surface area contributed by atoms with E-state index in [9.17, 15) is 0 Å². The first-order valence-electron chi connectivity index (χ1n) is 8.17. The van der Waals surface area contributed by atoms with Crippen LogP contribution in [0, 0.1) is 0 Å². The molecule has 4 heteroatoms. The van der Waals surface area contributed by atoms with E-state index in [1.807, 2.05) is 0 Å². The summed E-state index contributed by atoms with van der Waals surface area (Å²) in [6, 6.07) is 7.73. The van der Waals surface area contributed by atoms with Crippen LogP contribution in [0.1, 0.15) is 44.1 Å². The minimum atomic E-state index is 0.282. The quantitative estimate of drug-likeness (QED) is 0.811. The summed E-state index contributed by atoms with van der Waals surface area (Å²) in [4.78, 5) is 2.43. The van der Waals surface area contributed by atoms with Crippen LogP contribution in [0.2, 0.25) is 5.02 Å². The Labute approximate surface area is 132 Å². The summed E-state index contributed by atoms with van der Waals surface area (Å²) in [7, 11) is 0. The van der Waals surface area contributed by atoms with E-state index in [2.05, 4.69) is 28.4 Å². The maximum absolute atomic E-state index is 9.03. The van der Waals surface area contributed by atoms with Crippen molar-refractivity contribution in [3.05, 3.63) is 28.8 Å². The van der Waals surface area contributed by atoms with Crippen LogP contribution in [0.15, 0.2) is 18.2 Å². The SMILES string of the molecule is OCCCC1CCCN1c1ccc(CNC2CC2)cc1Cl. The van der Waals surface area contributed by atoms with Crippen LogP contribution in [0.5, 0.6) is 0 Å². The minimum Gasteiger partial charge on any atom is -0.396 e. The molecule has 1 saturated carbocycles. The van der Waals surface area contributed by atoms with Gasteiger partial charge in [-0.05, 0) is 56.2 Å². The summed E-state index contributed by atoms with van der Waals surface area (Å²) in [6.07, 6.45) is 6.98. The van der Waals surface area contributed by atoms with Gasteiger partial charge in [0.15, 0.2) is 0 Å². The Morgan fingerprint density at radius 1 is 1.29 bits per heavy atom. The first kappa shape index (κ1) is 15.1. The topological polar surface area (TPSA) is 35.5 Å². The predicted octanol–water partition coefficient (Wildman–Crippen LogP) is 3.33. The second kappa shape index (κ2) is 6.99. The molecule has 0 bridgehead atoms. The minimum absolute atomic E-state index is 0.282. The van der Waals surface area contributed by atoms with Crippen molar-refractivity contribution in [1.29, 1.82) is 0 Å². The highest BCUT2D eigenvalue weighted by Gasteiger charge is 2.26. The first-order chi connectivity index (χ1) is 10.3. The van der Waals surface area contributed by atoms with Crippen molar-refractivity contribution in [2.24, 2.45) is 0 Å². The van der Waals surface area contributed by atoms with Crippen LogP contribution in [-0.2, 0) is 6.54 Å². The van der Waals surface area contributed by atoms with Crippen LogP contribution in [-0.4, -0.2) is 30.3 Å². The standard InChI is InChI=1S/C17H25ClN2O/c18-16-11-13(12-19-14-6-7-14)5-8-17(16)20-9-1-3-15(20)4-2-10-21/h5,8,11,14-15,19,21H,1-4,6-7,9-10,12H2. The molecule has 1 atom stereocenters. The molecule has 2 aliphatic rings. The molecule has 0 aromatic heterocycles. The number of nitrogens with one attached hydrogen (secondary N) is 1. The van der Waals surface area contributed by atoms with Crippen molar-refractivity contribution in [3.8, 4) is 0 Å². The summed E-state index contributed by atoms with van der Waals surface area (Å²) in [6.45, 7) is 2.28. The highest BCUT2D eigenvalue weighted by Crippen LogP contribution is 2.34. The largest absolute Gasteiger partial charge is 0.396 e. The molecule has 0 spiro atoms. The molecule has 0 radical (unpaired) electrons. The molecule has 1 heterocycles. The lowest BCUT2D eigenvalue weighted by Crippen LogP contribution is -2.29. The van der Waals surface area contributed by atoms with Gasteiger partial charge in [-0.2, -0.15) is 0 Å². The summed E-state index contributed by atoms with van der Waals surface area (Å²) in [5.41, 5.74) is 2.43. The highest BCUT2D eigenvalue weighted by atomic mass is 35.5. The van der Waals surface area contributed by atoms with Crippen LogP contribution >= 0.6 is 11.6 Å². The van der Waals surface area contributed by atoms with Gasteiger partial charge in [0.1, 0.15) is 0 Å². The number of nitrogens with zero attached hydrogens (tertiary/aromatic N) is 1. The molecule has 1 aliphatic heterocycles. The van der Waals surface area contributed by atoms with Crippen molar-refractivity contribution in [3.63, 3.8) is 0 Å². The number of hydrogen-bond acceptors (Lipinski definition) is 3. The van der Waals surface area contributed by atoms with Crippen molar-refractivity contribution >= 4 is 17.3 Å². The van der Waals surface area contributed by atoms with Crippen LogP contribution in [0.4, 0.5) is 5.69 Å². The number of anilines is 1. The van der Waals surface area contributed by atoms with E-state index in [1.54, 1.807) is 0 Å². The zero-order chi connectivity index (χ0) is 14.7. The molecule has 1 aliphatic carbocycles. The van der Waals surface area contributed by atoms with Gasteiger partial charge in [-0.3, -0.25) is 0 Å². The Bertz CT molecular complexity index is 476. The molecule has 1 aromatic rings. The third-order valence-electron chi connectivity index (χ3n) is 4.57. The molecule has 2 N–H and O–H groups in total. The fraction of sp³-hybridized carbons (Fsp3) is 0.647. The lowest BCUT2D eigenvalue weighted by molar-refractivity contribution is 0.279. The van der Waals surface area contributed by atoms with Gasteiger partial charge in [0, 0.05) is 31.8 Å². The molecule has 3 nitrogen and oxygen atoms in total. The molecule has 2 fully saturated rings. The highest BCUT2D eigenvalue weighted by molar-refractivity contribution is 6.33. The lowest BCUT2D eigenvalue weighted by atomic mass is 10.1. The molecule has 0 amide bonds. The monoisotopic (exact) mass is 308 g/mol. The average molecular weight is 309 g/mol. The van der Waals surface area contributed by atoms with E-state index in [-0.39, 0.29) is 6.61 Å². The number of rotatable bonds is 7. The lowest BCUT2D eigenvalue weighted by Gasteiger charge is -2.28. The van der Waals surface area contributed by atoms with Crippen LogP contribution in [0.3, 0.4) is 0 Å². The Hall–Kier alpha value is -0.770. The summed E-state index contributed by atoms with van der Waals surface area (Å²) in [5, 5.41) is 13.4. The van der Waals surface area contributed by atoms with Gasteiger partial charge in [-0.15, -0.1) is 0 Å². The van der Waals surface area contributed by atoms with Crippen LogP contribution < -0.4 is 10.2 Å². The van der Waals surface area contributed by atoms with Gasteiger partial charge >= 0.3 is 0 Å². The van der Waals surface area contributed by atoms with E-state index < -0.39 is 0 Å². The summed E-state index contributed by atoms with van der Waals surface area (Å²) in [5.74, 6) is 0. The number of hydrogen-bond donors (Lipinski definition) is 2. The number of aliphatic hydroxyl groups excluding tert-OH is 1. The van der Waals surface area contributed by atoms with Crippen molar-refractivity contribution in [2.75, 3.05) is 18.1 Å². The normalized spacial score (nSPS) is 22.0. The summed E-state index contributed by atoms with van der Waals surface area (Å²) >= 11 is 6.52. The molecule has 1 aromatic carbocycles. The van der Waals surface area contributed by atoms with Gasteiger partial charge < -0.3 is 15.3 Å². The second-order valence-electron chi connectivity index (χ2n) is 6.30. The molecule has 1 unspecified atom stereocenters. The Balaban J connectivity index is 1.65. The first-order valence-corrected chi connectivity index (χ1v) is 8.55. The maximum Gasteiger partial charge on any atom is 0.0642 e. The van der Waals surface area contributed by atoms with E-state index >= 15 is 0 Å². The van der Waals surface area contributed by atoms with E-state index in [4.69, 9.17) is 16.7 Å². The Morgan fingerprint density at radius 2 is 2.14 bits per heavy atom. The van der Waals surface area contributed by atoms with Crippen molar-refractivity contribution in [1.82, 2.24) is 5.32 Å². The molecule has 116 valence electrons. The van der Waals surface area contributed by atoms with Crippen LogP contribution in [0.25, 0.3) is 0 Å². The van der Waals surface area contributed by atoms with Gasteiger partial charge in [0.2, 0.25) is 0 Å². The van der Waals surface area contributed by atoms with Gasteiger partial charge in [0.05, 0.1) is 10.7 Å².